The van der Waals surface area contributed by atoms with E-state index in [1.165, 1.54) is 0 Å². The van der Waals surface area contributed by atoms with Crippen molar-refractivity contribution in [3.63, 3.8) is 0 Å². The van der Waals surface area contributed by atoms with Crippen LogP contribution >= 0.6 is 27.5 Å². The van der Waals surface area contributed by atoms with Crippen LogP contribution in [-0.2, 0) is 22.6 Å². The van der Waals surface area contributed by atoms with E-state index in [-0.39, 0.29) is 25.0 Å². The molecule has 2 amide bonds. The lowest BCUT2D eigenvalue weighted by atomic mass is 10.0. The summed E-state index contributed by atoms with van der Waals surface area (Å²) in [6, 6.07) is 20.1. The van der Waals surface area contributed by atoms with Gasteiger partial charge in [-0.25, -0.2) is 0 Å². The smallest absolute Gasteiger partial charge is 0.261 e. The molecule has 0 saturated carbocycles. The third kappa shape index (κ3) is 7.58. The predicted octanol–water partition coefficient (Wildman–Crippen LogP) is 6.26. The summed E-state index contributed by atoms with van der Waals surface area (Å²) in [4.78, 5) is 28.6. The summed E-state index contributed by atoms with van der Waals surface area (Å²) in [5, 5.41) is 3.52. The molecule has 0 radical (unpaired) electrons. The van der Waals surface area contributed by atoms with Crippen molar-refractivity contribution in [1.82, 2.24) is 10.2 Å². The molecule has 190 valence electrons. The Morgan fingerprint density at radius 3 is 2.31 bits per heavy atom. The maximum Gasteiger partial charge on any atom is 0.261 e. The van der Waals surface area contributed by atoms with E-state index in [9.17, 15) is 9.59 Å². The van der Waals surface area contributed by atoms with Crippen molar-refractivity contribution in [2.45, 2.75) is 46.2 Å². The Morgan fingerprint density at radius 1 is 1.03 bits per heavy atom. The number of hydrogen-bond acceptors (Lipinski definition) is 3. The number of amides is 2. The number of carbonyl (C=O) groups is 2. The molecule has 0 fully saturated rings. The second-order valence-corrected chi connectivity index (χ2v) is 9.97. The molecule has 0 aliphatic heterocycles. The van der Waals surface area contributed by atoms with Crippen LogP contribution in [0.3, 0.4) is 0 Å². The van der Waals surface area contributed by atoms with E-state index in [1.807, 2.05) is 81.4 Å². The van der Waals surface area contributed by atoms with Crippen molar-refractivity contribution in [3.05, 3.63) is 98.5 Å². The molecule has 3 rings (SSSR count). The second-order valence-electron chi connectivity index (χ2n) is 8.77. The van der Waals surface area contributed by atoms with E-state index in [4.69, 9.17) is 16.3 Å². The van der Waals surface area contributed by atoms with Crippen molar-refractivity contribution < 1.29 is 14.3 Å². The van der Waals surface area contributed by atoms with Gasteiger partial charge in [0.05, 0.1) is 0 Å². The monoisotopic (exact) mass is 570 g/mol. The molecule has 0 unspecified atom stereocenters. The molecule has 0 saturated heterocycles. The van der Waals surface area contributed by atoms with Crippen LogP contribution < -0.4 is 10.1 Å². The van der Waals surface area contributed by atoms with Crippen molar-refractivity contribution in [2.24, 2.45) is 0 Å². The molecule has 0 bridgehead atoms. The summed E-state index contributed by atoms with van der Waals surface area (Å²) in [6.07, 6.45) is 1.18. The summed E-state index contributed by atoms with van der Waals surface area (Å²) < 4.78 is 6.93. The zero-order valence-electron chi connectivity index (χ0n) is 20.9. The Balaban J connectivity index is 1.92. The highest BCUT2D eigenvalue weighted by molar-refractivity contribution is 9.10. The summed E-state index contributed by atoms with van der Waals surface area (Å²) in [5.74, 6) is 0.117. The van der Waals surface area contributed by atoms with Gasteiger partial charge in [0, 0.05) is 29.0 Å². The minimum absolute atomic E-state index is 0.192. The molecule has 36 heavy (non-hydrogen) atoms. The molecule has 0 spiro atoms. The highest BCUT2D eigenvalue weighted by atomic mass is 79.9. The van der Waals surface area contributed by atoms with Gasteiger partial charge in [-0.3, -0.25) is 9.59 Å². The van der Waals surface area contributed by atoms with Crippen molar-refractivity contribution >= 4 is 39.3 Å². The Kier molecular flexibility index (Phi) is 10.4. The zero-order chi connectivity index (χ0) is 26.1. The fourth-order valence-electron chi connectivity index (χ4n) is 3.95. The predicted molar refractivity (Wildman–Crippen MR) is 148 cm³/mol. The van der Waals surface area contributed by atoms with Gasteiger partial charge in [0.1, 0.15) is 11.8 Å². The van der Waals surface area contributed by atoms with Gasteiger partial charge in [0.15, 0.2) is 6.61 Å². The normalized spacial score (nSPS) is 11.6. The molecular formula is C29H32BrClN2O3. The van der Waals surface area contributed by atoms with Gasteiger partial charge in [-0.05, 0) is 60.7 Å². The first-order valence-corrected chi connectivity index (χ1v) is 13.2. The van der Waals surface area contributed by atoms with Gasteiger partial charge >= 0.3 is 0 Å². The Labute approximate surface area is 226 Å². The average molecular weight is 572 g/mol. The molecule has 1 atom stereocenters. The summed E-state index contributed by atoms with van der Waals surface area (Å²) in [7, 11) is 0. The van der Waals surface area contributed by atoms with E-state index < -0.39 is 6.04 Å². The number of aryl methyl sites for hydroxylation is 2. The van der Waals surface area contributed by atoms with Crippen molar-refractivity contribution in [2.75, 3.05) is 13.2 Å². The van der Waals surface area contributed by atoms with Crippen LogP contribution in [0, 0.1) is 13.8 Å². The first-order valence-electron chi connectivity index (χ1n) is 12.0. The van der Waals surface area contributed by atoms with Crippen LogP contribution in [0.15, 0.2) is 71.2 Å². The third-order valence-electron chi connectivity index (χ3n) is 5.89. The minimum atomic E-state index is -0.722. The lowest BCUT2D eigenvalue weighted by molar-refractivity contribution is -0.142. The van der Waals surface area contributed by atoms with Crippen LogP contribution in [0.2, 0.25) is 5.02 Å². The molecule has 0 aliphatic carbocycles. The van der Waals surface area contributed by atoms with E-state index in [0.29, 0.717) is 23.7 Å². The van der Waals surface area contributed by atoms with Gasteiger partial charge in [0.2, 0.25) is 5.91 Å². The number of benzene rings is 3. The Bertz CT molecular complexity index is 1160. The summed E-state index contributed by atoms with van der Waals surface area (Å²) in [6.45, 7) is 6.48. The average Bonchev–Trinajstić information content (AvgIpc) is 2.88. The van der Waals surface area contributed by atoms with Gasteiger partial charge < -0.3 is 15.0 Å². The molecule has 0 aliphatic rings. The van der Waals surface area contributed by atoms with Gasteiger partial charge in [-0.15, -0.1) is 0 Å². The number of carbonyl (C=O) groups excluding carboxylic acids is 2. The fourth-order valence-corrected chi connectivity index (χ4v) is 4.37. The molecule has 0 heterocycles. The lowest BCUT2D eigenvalue weighted by Crippen LogP contribution is -2.51. The van der Waals surface area contributed by atoms with E-state index >= 15 is 0 Å². The van der Waals surface area contributed by atoms with Crippen LogP contribution in [0.4, 0.5) is 0 Å². The highest BCUT2D eigenvalue weighted by Crippen LogP contribution is 2.27. The third-order valence-corrected chi connectivity index (χ3v) is 7.51. The second kappa shape index (κ2) is 13.5. The van der Waals surface area contributed by atoms with E-state index in [0.717, 1.165) is 33.1 Å². The summed E-state index contributed by atoms with van der Waals surface area (Å²) >= 11 is 10.0. The number of nitrogens with zero attached hydrogens (tertiary/aromatic N) is 1. The van der Waals surface area contributed by atoms with E-state index in [1.54, 1.807) is 11.0 Å². The van der Waals surface area contributed by atoms with Crippen molar-refractivity contribution in [3.8, 4) is 5.75 Å². The summed E-state index contributed by atoms with van der Waals surface area (Å²) in [5.41, 5.74) is 3.77. The number of halogens is 2. The van der Waals surface area contributed by atoms with Gasteiger partial charge in [-0.1, -0.05) is 83.0 Å². The number of nitrogens with one attached hydrogen (secondary N) is 1. The van der Waals surface area contributed by atoms with Crippen molar-refractivity contribution in [1.29, 1.82) is 0 Å². The van der Waals surface area contributed by atoms with E-state index in [2.05, 4.69) is 21.2 Å². The first kappa shape index (κ1) is 27.8. The van der Waals surface area contributed by atoms with Crippen LogP contribution in [0.1, 0.15) is 35.6 Å². The standard InChI is InChI=1S/C29H32BrClN2O3/c1-4-14-32-29(35)26(17-22-10-6-5-7-11-22)33(18-23-12-8-9-13-25(23)31)27(34)19-36-24-15-20(2)28(30)21(3)16-24/h5-13,15-16,26H,4,14,17-19H2,1-3H3,(H,32,35)/t26-/m1/s1. The first-order chi connectivity index (χ1) is 17.3. The number of ether oxygens (including phenoxy) is 1. The Morgan fingerprint density at radius 2 is 1.67 bits per heavy atom. The molecule has 3 aromatic rings. The van der Waals surface area contributed by atoms with Crippen LogP contribution in [0.5, 0.6) is 5.75 Å². The lowest BCUT2D eigenvalue weighted by Gasteiger charge is -2.31. The largest absolute Gasteiger partial charge is 0.484 e. The SMILES string of the molecule is CCCNC(=O)[C@@H](Cc1ccccc1)N(Cc1ccccc1Cl)C(=O)COc1cc(C)c(Br)c(C)c1. The van der Waals surface area contributed by atoms with Gasteiger partial charge in [0.25, 0.3) is 5.91 Å². The highest BCUT2D eigenvalue weighted by Gasteiger charge is 2.31. The molecule has 7 heteroatoms. The topological polar surface area (TPSA) is 58.6 Å². The minimum Gasteiger partial charge on any atom is -0.484 e. The molecule has 0 aromatic heterocycles. The molecular weight excluding hydrogens is 540 g/mol. The van der Waals surface area contributed by atoms with Gasteiger partial charge in [-0.2, -0.15) is 0 Å². The number of rotatable bonds is 11. The molecule has 1 N–H and O–H groups in total. The maximum atomic E-state index is 13.6. The molecule has 5 nitrogen and oxygen atoms in total. The fraction of sp³-hybridized carbons (Fsp3) is 0.310. The quantitative estimate of drug-likeness (QED) is 0.295. The van der Waals surface area contributed by atoms with Crippen LogP contribution in [-0.4, -0.2) is 35.9 Å². The number of hydrogen-bond donors (Lipinski definition) is 1. The maximum absolute atomic E-state index is 13.6. The molecule has 3 aromatic carbocycles. The zero-order valence-corrected chi connectivity index (χ0v) is 23.2. The Hall–Kier alpha value is -2.83. The van der Waals surface area contributed by atoms with Crippen LogP contribution in [0.25, 0.3) is 0 Å².